The van der Waals surface area contributed by atoms with Crippen LogP contribution < -0.4 is 0 Å². The summed E-state index contributed by atoms with van der Waals surface area (Å²) in [4.78, 5) is 10.2. The maximum absolute atomic E-state index is 10.2. The van der Waals surface area contributed by atoms with Crippen LogP contribution in [0.5, 0.6) is 0 Å². The van der Waals surface area contributed by atoms with Gasteiger partial charge in [-0.25, -0.2) is 4.79 Å². The molecule has 0 saturated carbocycles. The van der Waals surface area contributed by atoms with Gasteiger partial charge in [0.1, 0.15) is 0 Å². The Morgan fingerprint density at radius 3 is 1.56 bits per heavy atom. The summed E-state index contributed by atoms with van der Waals surface area (Å²) >= 11 is 0. The molecule has 2 aliphatic carbocycles. The Morgan fingerprint density at radius 1 is 1.00 bits per heavy atom. The van der Waals surface area contributed by atoms with E-state index in [1.54, 1.807) is 37.3 Å². The molecule has 0 radical (unpaired) electrons. The second-order valence-corrected chi connectivity index (χ2v) is 3.54. The van der Waals surface area contributed by atoms with Gasteiger partial charge >= 0.3 is 5.97 Å². The zero-order valence-corrected chi connectivity index (χ0v) is 10.1. The predicted molar refractivity (Wildman–Crippen MR) is 73.3 cm³/mol. The van der Waals surface area contributed by atoms with Crippen molar-refractivity contribution in [3.63, 3.8) is 0 Å². The molecule has 0 aromatic heterocycles. The molecular formula is C16H14O2. The second-order valence-electron chi connectivity index (χ2n) is 3.54. The van der Waals surface area contributed by atoms with E-state index >= 15 is 0 Å². The van der Waals surface area contributed by atoms with E-state index in [2.05, 4.69) is 36.6 Å². The summed E-state index contributed by atoms with van der Waals surface area (Å²) < 4.78 is 0. The van der Waals surface area contributed by atoms with Crippen LogP contribution in [0, 0.1) is 12.3 Å². The molecule has 90 valence electrons. The van der Waals surface area contributed by atoms with E-state index in [0.29, 0.717) is 5.56 Å². The number of hydrogen-bond donors (Lipinski definition) is 1. The summed E-state index contributed by atoms with van der Waals surface area (Å²) in [7, 11) is 0. The largest absolute Gasteiger partial charge is 0.478 e. The molecule has 1 aromatic rings. The number of carboxylic acids is 1. The fraction of sp³-hybridized carbons (Fsp3) is 0.0625. The molecule has 3 rings (SSSR count). The van der Waals surface area contributed by atoms with Gasteiger partial charge in [-0.2, -0.15) is 0 Å². The highest BCUT2D eigenvalue weighted by molar-refractivity contribution is 5.87. The SMILES string of the molecule is C#CC.O=C(O)c1ccccc1.c1cc2ccc1-2. The van der Waals surface area contributed by atoms with E-state index in [1.165, 1.54) is 11.1 Å². The maximum Gasteiger partial charge on any atom is 0.335 e. The van der Waals surface area contributed by atoms with Gasteiger partial charge in [-0.05, 0) is 30.2 Å². The Kier molecular flexibility index (Phi) is 5.21. The molecule has 2 aliphatic rings. The Balaban J connectivity index is 0.000000154. The molecule has 1 aromatic carbocycles. The van der Waals surface area contributed by atoms with Crippen molar-refractivity contribution in [2.45, 2.75) is 6.92 Å². The molecule has 0 spiro atoms. The molecule has 0 amide bonds. The molecule has 0 aliphatic heterocycles. The lowest BCUT2D eigenvalue weighted by molar-refractivity contribution is 0.0697. The smallest absolute Gasteiger partial charge is 0.335 e. The maximum atomic E-state index is 10.2. The molecule has 0 saturated heterocycles. The number of aromatic carboxylic acids is 1. The van der Waals surface area contributed by atoms with Crippen LogP contribution in [0.2, 0.25) is 0 Å². The van der Waals surface area contributed by atoms with Gasteiger partial charge in [-0.3, -0.25) is 0 Å². The molecule has 0 bridgehead atoms. The minimum absolute atomic E-state index is 0.331. The summed E-state index contributed by atoms with van der Waals surface area (Å²) in [5.74, 6) is 1.37. The standard InChI is InChI=1S/C7H6O2.C6H4.C3H4/c8-7(9)6-4-2-1-3-5-6;1-2-6-4-3-5(1)6;1-3-2/h1-5H,(H,8,9);1-4H;1H,2H3. The first kappa shape index (κ1) is 13.5. The fourth-order valence-corrected chi connectivity index (χ4v) is 1.24. The first-order chi connectivity index (χ1) is 8.69. The van der Waals surface area contributed by atoms with E-state index in [4.69, 9.17) is 5.11 Å². The zero-order valence-electron chi connectivity index (χ0n) is 10.1. The third kappa shape index (κ3) is 3.80. The highest BCUT2D eigenvalue weighted by Crippen LogP contribution is 2.29. The van der Waals surface area contributed by atoms with Crippen molar-refractivity contribution in [3.05, 3.63) is 60.2 Å². The van der Waals surface area contributed by atoms with E-state index < -0.39 is 5.97 Å². The van der Waals surface area contributed by atoms with Crippen LogP contribution in [0.15, 0.2) is 54.6 Å². The van der Waals surface area contributed by atoms with Crippen LogP contribution in [-0.2, 0) is 0 Å². The van der Waals surface area contributed by atoms with Crippen LogP contribution in [0.4, 0.5) is 0 Å². The minimum Gasteiger partial charge on any atom is -0.478 e. The van der Waals surface area contributed by atoms with Crippen LogP contribution in [-0.4, -0.2) is 11.1 Å². The van der Waals surface area contributed by atoms with Crippen molar-refractivity contribution in [1.82, 2.24) is 0 Å². The third-order valence-electron chi connectivity index (χ3n) is 2.24. The highest BCUT2D eigenvalue weighted by atomic mass is 16.4. The lowest BCUT2D eigenvalue weighted by Gasteiger charge is -2.10. The summed E-state index contributed by atoms with van der Waals surface area (Å²) in [6.45, 7) is 1.65. The Morgan fingerprint density at radius 2 is 1.39 bits per heavy atom. The van der Waals surface area contributed by atoms with Gasteiger partial charge in [0.15, 0.2) is 0 Å². The third-order valence-corrected chi connectivity index (χ3v) is 2.24. The predicted octanol–water partition coefficient (Wildman–Crippen LogP) is 3.69. The number of benzene rings is 2. The van der Waals surface area contributed by atoms with E-state index in [9.17, 15) is 4.79 Å². The molecule has 2 nitrogen and oxygen atoms in total. The average Bonchev–Trinajstić information content (AvgIpc) is 2.36. The lowest BCUT2D eigenvalue weighted by Crippen LogP contribution is -1.93. The lowest BCUT2D eigenvalue weighted by atomic mass is 9.95. The Hall–Kier alpha value is -2.53. The minimum atomic E-state index is -0.879. The number of carboxylic acid groups (broad SMARTS) is 1. The van der Waals surface area contributed by atoms with E-state index in [1.807, 2.05) is 0 Å². The molecule has 0 heterocycles. The molecule has 0 atom stereocenters. The Bertz CT molecular complexity index is 513. The number of fused-ring (bicyclic) bond motifs is 1. The molecule has 18 heavy (non-hydrogen) atoms. The molecular weight excluding hydrogens is 224 g/mol. The van der Waals surface area contributed by atoms with Crippen LogP contribution in [0.1, 0.15) is 17.3 Å². The van der Waals surface area contributed by atoms with Crippen LogP contribution in [0.3, 0.4) is 0 Å². The van der Waals surface area contributed by atoms with Gasteiger partial charge in [0.05, 0.1) is 5.56 Å². The quantitative estimate of drug-likeness (QED) is 0.656. The van der Waals surface area contributed by atoms with Gasteiger partial charge in [0, 0.05) is 0 Å². The van der Waals surface area contributed by atoms with Gasteiger partial charge < -0.3 is 5.11 Å². The number of terminal acetylenes is 1. The first-order valence-electron chi connectivity index (χ1n) is 5.45. The number of hydrogen-bond acceptors (Lipinski definition) is 1. The van der Waals surface area contributed by atoms with Crippen molar-refractivity contribution in [2.24, 2.45) is 0 Å². The van der Waals surface area contributed by atoms with E-state index in [0.717, 1.165) is 0 Å². The fourth-order valence-electron chi connectivity index (χ4n) is 1.24. The normalized spacial score (nSPS) is 8.67. The molecule has 1 N–H and O–H groups in total. The van der Waals surface area contributed by atoms with Gasteiger partial charge in [0.25, 0.3) is 0 Å². The Labute approximate surface area is 107 Å². The average molecular weight is 238 g/mol. The zero-order chi connectivity index (χ0) is 13.4. The van der Waals surface area contributed by atoms with E-state index in [-0.39, 0.29) is 0 Å². The molecule has 2 heteroatoms. The summed E-state index contributed by atoms with van der Waals surface area (Å²) in [5, 5.41) is 8.38. The molecule has 0 fully saturated rings. The summed E-state index contributed by atoms with van der Waals surface area (Å²) in [6, 6.07) is 16.8. The first-order valence-corrected chi connectivity index (χ1v) is 5.45. The van der Waals surface area contributed by atoms with Crippen molar-refractivity contribution < 1.29 is 9.90 Å². The van der Waals surface area contributed by atoms with Crippen LogP contribution in [0.25, 0.3) is 11.1 Å². The monoisotopic (exact) mass is 238 g/mol. The number of carbonyl (C=O) groups is 1. The van der Waals surface area contributed by atoms with Crippen LogP contribution >= 0.6 is 0 Å². The van der Waals surface area contributed by atoms with Crippen molar-refractivity contribution >= 4 is 5.97 Å². The molecule has 0 unspecified atom stereocenters. The summed E-state index contributed by atoms with van der Waals surface area (Å²) in [5.41, 5.74) is 3.18. The number of rotatable bonds is 1. The van der Waals surface area contributed by atoms with Crippen molar-refractivity contribution in [1.29, 1.82) is 0 Å². The van der Waals surface area contributed by atoms with Gasteiger partial charge in [-0.15, -0.1) is 12.3 Å². The van der Waals surface area contributed by atoms with Gasteiger partial charge in [0.2, 0.25) is 0 Å². The topological polar surface area (TPSA) is 37.3 Å². The summed E-state index contributed by atoms with van der Waals surface area (Å²) in [6.07, 6.45) is 4.60. The van der Waals surface area contributed by atoms with Gasteiger partial charge in [-0.1, -0.05) is 42.5 Å². The van der Waals surface area contributed by atoms with Crippen molar-refractivity contribution in [2.75, 3.05) is 0 Å². The second kappa shape index (κ2) is 6.93. The van der Waals surface area contributed by atoms with Crippen molar-refractivity contribution in [3.8, 4) is 23.5 Å². The highest BCUT2D eigenvalue weighted by Gasteiger charge is 2.03.